The summed E-state index contributed by atoms with van der Waals surface area (Å²) in [5.74, 6) is -0.315. The molecule has 2 N–H and O–H groups in total. The zero-order valence-corrected chi connectivity index (χ0v) is 14.3. The fourth-order valence-electron chi connectivity index (χ4n) is 3.07. The number of H-pyrrole nitrogens is 1. The van der Waals surface area contributed by atoms with Crippen LogP contribution >= 0.6 is 11.3 Å². The smallest absolute Gasteiger partial charge is 0.229 e. The predicted octanol–water partition coefficient (Wildman–Crippen LogP) is 3.51. The number of rotatable bonds is 4. The molecule has 1 fully saturated rings. The van der Waals surface area contributed by atoms with Crippen molar-refractivity contribution in [2.24, 2.45) is 5.92 Å². The van der Waals surface area contributed by atoms with Gasteiger partial charge in [-0.25, -0.2) is 4.39 Å². The summed E-state index contributed by atoms with van der Waals surface area (Å²) in [6.45, 7) is 1.91. The molecule has 1 amide bonds. The molecule has 0 radical (unpaired) electrons. The number of aryl methyl sites for hydroxylation is 1. The van der Waals surface area contributed by atoms with E-state index < -0.39 is 0 Å². The van der Waals surface area contributed by atoms with Crippen LogP contribution in [0.3, 0.4) is 0 Å². The largest absolute Gasteiger partial charge is 0.300 e. The van der Waals surface area contributed by atoms with E-state index in [4.69, 9.17) is 0 Å². The third-order valence-electron chi connectivity index (χ3n) is 4.62. The van der Waals surface area contributed by atoms with Gasteiger partial charge < -0.3 is 5.32 Å². The molecule has 2 unspecified atom stereocenters. The maximum atomic E-state index is 13.1. The predicted molar refractivity (Wildman–Crippen MR) is 92.7 cm³/mol. The minimum Gasteiger partial charge on any atom is -0.300 e. The van der Waals surface area contributed by atoms with Crippen molar-refractivity contribution in [2.75, 3.05) is 5.32 Å². The molecule has 1 aliphatic carbocycles. The summed E-state index contributed by atoms with van der Waals surface area (Å²) in [6.07, 6.45) is 3.44. The second-order valence-electron chi connectivity index (χ2n) is 6.15. The van der Waals surface area contributed by atoms with Crippen molar-refractivity contribution in [3.8, 4) is 10.6 Å². The van der Waals surface area contributed by atoms with Crippen LogP contribution in [0.15, 0.2) is 30.5 Å². The highest BCUT2D eigenvalue weighted by molar-refractivity contribution is 7.18. The van der Waals surface area contributed by atoms with E-state index in [1.165, 1.54) is 23.5 Å². The minimum absolute atomic E-state index is 0.0628. The highest BCUT2D eigenvalue weighted by atomic mass is 32.1. The summed E-state index contributed by atoms with van der Waals surface area (Å²) >= 11 is 1.32. The van der Waals surface area contributed by atoms with Crippen LogP contribution < -0.4 is 5.32 Å². The van der Waals surface area contributed by atoms with Crippen LogP contribution in [0.2, 0.25) is 0 Å². The van der Waals surface area contributed by atoms with Gasteiger partial charge in [-0.15, -0.1) is 10.2 Å². The topological polar surface area (TPSA) is 83.6 Å². The van der Waals surface area contributed by atoms with E-state index in [-0.39, 0.29) is 23.6 Å². The molecule has 8 heteroatoms. The van der Waals surface area contributed by atoms with E-state index in [1.54, 1.807) is 18.3 Å². The summed E-state index contributed by atoms with van der Waals surface area (Å²) in [7, 11) is 0. The van der Waals surface area contributed by atoms with Crippen LogP contribution in [-0.2, 0) is 4.79 Å². The van der Waals surface area contributed by atoms with E-state index in [1.807, 2.05) is 6.92 Å². The van der Waals surface area contributed by atoms with Crippen LogP contribution in [0.25, 0.3) is 10.6 Å². The Balaban J connectivity index is 1.45. The van der Waals surface area contributed by atoms with Crippen molar-refractivity contribution in [1.29, 1.82) is 0 Å². The first-order chi connectivity index (χ1) is 12.1. The maximum Gasteiger partial charge on any atom is 0.229 e. The van der Waals surface area contributed by atoms with Crippen LogP contribution in [0.4, 0.5) is 9.52 Å². The molecular weight excluding hydrogens is 341 g/mol. The summed E-state index contributed by atoms with van der Waals surface area (Å²) < 4.78 is 13.1. The zero-order chi connectivity index (χ0) is 17.4. The van der Waals surface area contributed by atoms with Gasteiger partial charge in [-0.1, -0.05) is 23.5 Å². The minimum atomic E-state index is -0.264. The van der Waals surface area contributed by atoms with Crippen molar-refractivity contribution in [3.05, 3.63) is 47.5 Å². The lowest BCUT2D eigenvalue weighted by molar-refractivity contribution is -0.123. The standard InChI is InChI=1S/C17H16FN5OS/c1-9-14(8-19-21-9)16-22-23-17(25-16)20-15(24)13-7-6-12(13)10-2-4-11(18)5-3-10/h2-5,8,12-13H,6-7H2,1H3,(H,19,21)(H,20,23,24). The molecule has 4 rings (SSSR count). The normalized spacial score (nSPS) is 19.4. The number of halogens is 1. The number of benzene rings is 1. The van der Waals surface area contributed by atoms with Crippen LogP contribution in [0.1, 0.15) is 30.0 Å². The van der Waals surface area contributed by atoms with Gasteiger partial charge in [-0.05, 0) is 43.4 Å². The third-order valence-corrected chi connectivity index (χ3v) is 5.50. The van der Waals surface area contributed by atoms with Crippen LogP contribution in [-0.4, -0.2) is 26.3 Å². The number of nitrogens with zero attached hydrogens (tertiary/aromatic N) is 3. The van der Waals surface area contributed by atoms with Gasteiger partial charge in [0.05, 0.1) is 11.8 Å². The first-order valence-corrected chi connectivity index (χ1v) is 8.83. The van der Waals surface area contributed by atoms with E-state index in [9.17, 15) is 9.18 Å². The first-order valence-electron chi connectivity index (χ1n) is 8.02. The van der Waals surface area contributed by atoms with Crippen LogP contribution in [0, 0.1) is 18.7 Å². The fourth-order valence-corrected chi connectivity index (χ4v) is 3.88. The molecule has 25 heavy (non-hydrogen) atoms. The average Bonchev–Trinajstić information content (AvgIpc) is 3.17. The molecule has 1 aliphatic rings. The zero-order valence-electron chi connectivity index (χ0n) is 13.5. The second kappa shape index (κ2) is 6.36. The second-order valence-corrected chi connectivity index (χ2v) is 7.13. The Labute approximate surface area is 147 Å². The van der Waals surface area contributed by atoms with Crippen molar-refractivity contribution >= 4 is 22.4 Å². The summed E-state index contributed by atoms with van der Waals surface area (Å²) in [6, 6.07) is 6.38. The van der Waals surface area contributed by atoms with Crippen LogP contribution in [0.5, 0.6) is 0 Å². The molecule has 2 heterocycles. The molecule has 0 saturated heterocycles. The van der Waals surface area contributed by atoms with Gasteiger partial charge in [-0.2, -0.15) is 5.10 Å². The molecule has 0 bridgehead atoms. The molecule has 3 aromatic rings. The number of nitrogens with one attached hydrogen (secondary N) is 2. The van der Waals surface area contributed by atoms with E-state index >= 15 is 0 Å². The molecule has 1 aromatic carbocycles. The molecule has 128 valence electrons. The van der Waals surface area contributed by atoms with Crippen molar-refractivity contribution in [1.82, 2.24) is 20.4 Å². The molecule has 1 saturated carbocycles. The number of carbonyl (C=O) groups excluding carboxylic acids is 1. The third kappa shape index (κ3) is 3.05. The maximum absolute atomic E-state index is 13.1. The van der Waals surface area contributed by atoms with Crippen molar-refractivity contribution in [2.45, 2.75) is 25.7 Å². The number of anilines is 1. The Hall–Kier alpha value is -2.61. The molecule has 0 spiro atoms. The SMILES string of the molecule is Cc1[nH]ncc1-c1nnc(NC(=O)C2CCC2c2ccc(F)cc2)s1. The lowest BCUT2D eigenvalue weighted by Crippen LogP contribution is -2.35. The highest BCUT2D eigenvalue weighted by Crippen LogP contribution is 2.43. The van der Waals surface area contributed by atoms with Gasteiger partial charge >= 0.3 is 0 Å². The quantitative estimate of drug-likeness (QED) is 0.748. The Morgan fingerprint density at radius 2 is 2.08 bits per heavy atom. The lowest BCUT2D eigenvalue weighted by Gasteiger charge is -2.35. The van der Waals surface area contributed by atoms with E-state index in [2.05, 4.69) is 25.7 Å². The number of hydrogen-bond acceptors (Lipinski definition) is 5. The number of carbonyl (C=O) groups is 1. The Morgan fingerprint density at radius 1 is 1.28 bits per heavy atom. The van der Waals surface area contributed by atoms with E-state index in [0.29, 0.717) is 10.1 Å². The Kier molecular flexibility index (Phi) is 4.04. The average molecular weight is 357 g/mol. The lowest BCUT2D eigenvalue weighted by atomic mass is 9.69. The molecule has 2 atom stereocenters. The molecule has 6 nitrogen and oxygen atoms in total. The molecular formula is C17H16FN5OS. The van der Waals surface area contributed by atoms with Gasteiger partial charge in [0.15, 0.2) is 5.01 Å². The summed E-state index contributed by atoms with van der Waals surface area (Å²) in [4.78, 5) is 12.5. The molecule has 0 aliphatic heterocycles. The fraction of sp³-hybridized carbons (Fsp3) is 0.294. The first kappa shape index (κ1) is 15.9. The van der Waals surface area contributed by atoms with Gasteiger partial charge in [0.1, 0.15) is 5.82 Å². The highest BCUT2D eigenvalue weighted by Gasteiger charge is 2.37. The van der Waals surface area contributed by atoms with Gasteiger partial charge in [0.2, 0.25) is 11.0 Å². The van der Waals surface area contributed by atoms with Gasteiger partial charge in [0.25, 0.3) is 0 Å². The monoisotopic (exact) mass is 357 g/mol. The van der Waals surface area contributed by atoms with Gasteiger partial charge in [0, 0.05) is 11.6 Å². The van der Waals surface area contributed by atoms with Crippen molar-refractivity contribution in [3.63, 3.8) is 0 Å². The number of amides is 1. The summed E-state index contributed by atoms with van der Waals surface area (Å²) in [5.41, 5.74) is 2.79. The van der Waals surface area contributed by atoms with Crippen molar-refractivity contribution < 1.29 is 9.18 Å². The van der Waals surface area contributed by atoms with Gasteiger partial charge in [-0.3, -0.25) is 9.89 Å². The number of hydrogen-bond donors (Lipinski definition) is 2. The molecule has 2 aromatic heterocycles. The summed E-state index contributed by atoms with van der Waals surface area (Å²) in [5, 5.41) is 19.0. The number of aromatic amines is 1. The number of aromatic nitrogens is 4. The Morgan fingerprint density at radius 3 is 2.72 bits per heavy atom. The van der Waals surface area contributed by atoms with E-state index in [0.717, 1.165) is 29.7 Å². The Bertz CT molecular complexity index is 904.